The lowest BCUT2D eigenvalue weighted by Gasteiger charge is -2.26. The van der Waals surface area contributed by atoms with Crippen LogP contribution in [-0.4, -0.2) is 44.4 Å². The van der Waals surface area contributed by atoms with Crippen molar-refractivity contribution in [3.05, 3.63) is 47.8 Å². The van der Waals surface area contributed by atoms with Crippen LogP contribution >= 0.6 is 0 Å². The number of amides is 2. The molecule has 1 saturated heterocycles. The lowest BCUT2D eigenvalue weighted by Crippen LogP contribution is -2.35. The van der Waals surface area contributed by atoms with Crippen LogP contribution in [0, 0.1) is 11.7 Å². The van der Waals surface area contributed by atoms with Crippen LogP contribution in [0.3, 0.4) is 0 Å². The van der Waals surface area contributed by atoms with Gasteiger partial charge >= 0.3 is 0 Å². The molecule has 1 aliphatic rings. The van der Waals surface area contributed by atoms with Crippen molar-refractivity contribution in [1.29, 1.82) is 0 Å². The van der Waals surface area contributed by atoms with Gasteiger partial charge in [0.1, 0.15) is 5.82 Å². The van der Waals surface area contributed by atoms with Gasteiger partial charge in [0.25, 0.3) is 5.91 Å². The molecule has 0 bridgehead atoms. The minimum atomic E-state index is -0.506. The second kappa shape index (κ2) is 8.22. The van der Waals surface area contributed by atoms with Crippen LogP contribution in [0.4, 0.5) is 10.3 Å². The maximum absolute atomic E-state index is 15.0. The summed E-state index contributed by atoms with van der Waals surface area (Å²) in [6, 6.07) is 9.72. The van der Waals surface area contributed by atoms with Crippen molar-refractivity contribution in [2.45, 2.75) is 33.1 Å². The summed E-state index contributed by atoms with van der Waals surface area (Å²) in [7, 11) is 0. The molecule has 1 N–H and O–H groups in total. The van der Waals surface area contributed by atoms with Crippen LogP contribution in [0.5, 0.6) is 0 Å². The maximum atomic E-state index is 15.0. The topological polar surface area (TPSA) is 79.6 Å². The van der Waals surface area contributed by atoms with Crippen molar-refractivity contribution in [1.82, 2.24) is 19.5 Å². The van der Waals surface area contributed by atoms with Gasteiger partial charge in [0.2, 0.25) is 11.9 Å². The van der Waals surface area contributed by atoms with Gasteiger partial charge in [-0.25, -0.2) is 8.91 Å². The molecule has 0 unspecified atom stereocenters. The van der Waals surface area contributed by atoms with E-state index in [2.05, 4.69) is 15.4 Å². The van der Waals surface area contributed by atoms with E-state index in [4.69, 9.17) is 0 Å². The molecular formula is C22H24FN5O2. The fraction of sp³-hybridized carbons (Fsp3) is 0.364. The monoisotopic (exact) mass is 409 g/mol. The van der Waals surface area contributed by atoms with E-state index in [0.717, 1.165) is 19.3 Å². The van der Waals surface area contributed by atoms with Gasteiger partial charge in [-0.05, 0) is 49.6 Å². The predicted molar refractivity (Wildman–Crippen MR) is 112 cm³/mol. The van der Waals surface area contributed by atoms with E-state index in [1.807, 2.05) is 0 Å². The highest BCUT2D eigenvalue weighted by molar-refractivity contribution is 5.95. The smallest absolute Gasteiger partial charge is 0.253 e. The Bertz CT molecular complexity index is 1100. The number of rotatable bonds is 4. The summed E-state index contributed by atoms with van der Waals surface area (Å²) in [6.07, 6.45) is 3.09. The number of hydrogen-bond donors (Lipinski definition) is 1. The van der Waals surface area contributed by atoms with Gasteiger partial charge in [-0.1, -0.05) is 19.9 Å². The van der Waals surface area contributed by atoms with Crippen LogP contribution in [-0.2, 0) is 4.79 Å². The highest BCUT2D eigenvalue weighted by atomic mass is 19.1. The van der Waals surface area contributed by atoms with Gasteiger partial charge < -0.3 is 4.90 Å². The van der Waals surface area contributed by atoms with Crippen molar-refractivity contribution in [2.75, 3.05) is 18.4 Å². The van der Waals surface area contributed by atoms with Crippen LogP contribution in [0.1, 0.15) is 43.5 Å². The lowest BCUT2D eigenvalue weighted by molar-refractivity contribution is -0.118. The predicted octanol–water partition coefficient (Wildman–Crippen LogP) is 3.76. The first-order valence-electron chi connectivity index (χ1n) is 10.2. The summed E-state index contributed by atoms with van der Waals surface area (Å²) in [4.78, 5) is 30.7. The molecule has 4 rings (SSSR count). The van der Waals surface area contributed by atoms with Gasteiger partial charge in [-0.2, -0.15) is 4.98 Å². The molecule has 7 nitrogen and oxygen atoms in total. The number of halogens is 1. The summed E-state index contributed by atoms with van der Waals surface area (Å²) in [5.41, 5.74) is 1.62. The molecule has 3 heterocycles. The van der Waals surface area contributed by atoms with Gasteiger partial charge in [-0.3, -0.25) is 14.9 Å². The first kappa shape index (κ1) is 20.0. The molecule has 1 fully saturated rings. The molecule has 30 heavy (non-hydrogen) atoms. The summed E-state index contributed by atoms with van der Waals surface area (Å²) >= 11 is 0. The number of likely N-dealkylation sites (tertiary alicyclic amines) is 1. The molecular weight excluding hydrogens is 385 g/mol. The van der Waals surface area contributed by atoms with Crippen molar-refractivity contribution in [3.8, 4) is 11.3 Å². The third-order valence-electron chi connectivity index (χ3n) is 5.25. The second-order valence-electron chi connectivity index (χ2n) is 7.81. The Morgan fingerprint density at radius 1 is 1.10 bits per heavy atom. The third kappa shape index (κ3) is 3.90. The number of fused-ring (bicyclic) bond motifs is 1. The van der Waals surface area contributed by atoms with Crippen molar-refractivity contribution < 1.29 is 14.0 Å². The first-order chi connectivity index (χ1) is 14.4. The average Bonchev–Trinajstić information content (AvgIpc) is 3.16. The standard InChI is InChI=1S/C22H24FN5O2/c1-14(2)20(29)25-22-24-19-8-6-7-18(28(19)26-22)16-10-9-15(13-17(16)23)21(30)27-11-4-3-5-12-27/h6-10,13-14H,3-5,11-12H2,1-2H3,(H,25,26,29). The Morgan fingerprint density at radius 3 is 2.57 bits per heavy atom. The minimum Gasteiger partial charge on any atom is -0.339 e. The number of hydrogen-bond acceptors (Lipinski definition) is 4. The van der Waals surface area contributed by atoms with E-state index in [-0.39, 0.29) is 23.7 Å². The molecule has 1 aliphatic heterocycles. The molecule has 0 saturated carbocycles. The Balaban J connectivity index is 1.65. The zero-order valence-corrected chi connectivity index (χ0v) is 17.1. The molecule has 3 aromatic rings. The first-order valence-corrected chi connectivity index (χ1v) is 10.2. The van der Waals surface area contributed by atoms with Crippen LogP contribution in [0.25, 0.3) is 16.9 Å². The molecule has 0 spiro atoms. The number of nitrogens with zero attached hydrogens (tertiary/aromatic N) is 4. The second-order valence-corrected chi connectivity index (χ2v) is 7.81. The van der Waals surface area contributed by atoms with Crippen molar-refractivity contribution >= 4 is 23.4 Å². The van der Waals surface area contributed by atoms with E-state index in [0.29, 0.717) is 35.6 Å². The van der Waals surface area contributed by atoms with Gasteiger partial charge in [0.15, 0.2) is 5.65 Å². The van der Waals surface area contributed by atoms with Crippen LogP contribution in [0.2, 0.25) is 0 Å². The molecule has 0 atom stereocenters. The quantitative estimate of drug-likeness (QED) is 0.712. The van der Waals surface area contributed by atoms with Gasteiger partial charge in [0.05, 0.1) is 5.69 Å². The number of benzene rings is 1. The maximum Gasteiger partial charge on any atom is 0.253 e. The molecule has 1 aromatic carbocycles. The summed E-state index contributed by atoms with van der Waals surface area (Å²) < 4.78 is 16.5. The number of aromatic nitrogens is 3. The molecule has 0 radical (unpaired) electrons. The molecule has 2 amide bonds. The summed E-state index contributed by atoms with van der Waals surface area (Å²) in [5.74, 6) is -0.886. The Hall–Kier alpha value is -3.29. The lowest BCUT2D eigenvalue weighted by atomic mass is 10.0. The normalized spacial score (nSPS) is 14.3. The Labute approximate surface area is 173 Å². The summed E-state index contributed by atoms with van der Waals surface area (Å²) in [5, 5.41) is 6.97. The zero-order valence-electron chi connectivity index (χ0n) is 17.1. The Kier molecular flexibility index (Phi) is 5.48. The van der Waals surface area contributed by atoms with E-state index < -0.39 is 5.82 Å². The van der Waals surface area contributed by atoms with Crippen LogP contribution in [0.15, 0.2) is 36.4 Å². The number of anilines is 1. The summed E-state index contributed by atoms with van der Waals surface area (Å²) in [6.45, 7) is 4.98. The van der Waals surface area contributed by atoms with E-state index in [1.54, 1.807) is 49.1 Å². The largest absolute Gasteiger partial charge is 0.339 e. The van der Waals surface area contributed by atoms with E-state index >= 15 is 4.39 Å². The highest BCUT2D eigenvalue weighted by Crippen LogP contribution is 2.26. The number of carbonyl (C=O) groups is 2. The number of carbonyl (C=O) groups excluding carboxylic acids is 2. The zero-order chi connectivity index (χ0) is 21.3. The molecule has 156 valence electrons. The van der Waals surface area contributed by atoms with Gasteiger partial charge in [-0.15, -0.1) is 5.10 Å². The molecule has 0 aliphatic carbocycles. The van der Waals surface area contributed by atoms with Crippen molar-refractivity contribution in [3.63, 3.8) is 0 Å². The fourth-order valence-electron chi connectivity index (χ4n) is 3.55. The van der Waals surface area contributed by atoms with Crippen molar-refractivity contribution in [2.24, 2.45) is 5.92 Å². The fourth-order valence-corrected chi connectivity index (χ4v) is 3.55. The number of pyridine rings is 1. The van der Waals surface area contributed by atoms with E-state index in [9.17, 15) is 9.59 Å². The van der Waals surface area contributed by atoms with Gasteiger partial charge in [0, 0.05) is 30.1 Å². The van der Waals surface area contributed by atoms with E-state index in [1.165, 1.54) is 10.6 Å². The molecule has 2 aromatic heterocycles. The molecule has 8 heteroatoms. The Morgan fingerprint density at radius 2 is 1.87 bits per heavy atom. The third-order valence-corrected chi connectivity index (χ3v) is 5.25. The average molecular weight is 409 g/mol. The number of piperidine rings is 1. The highest BCUT2D eigenvalue weighted by Gasteiger charge is 2.20. The number of nitrogens with one attached hydrogen (secondary N) is 1. The van der Waals surface area contributed by atoms with Crippen LogP contribution < -0.4 is 5.32 Å². The SMILES string of the molecule is CC(C)C(=O)Nc1nc2cccc(-c3ccc(C(=O)N4CCCCC4)cc3F)n2n1. The minimum absolute atomic E-state index is 0.141.